The molecule has 2 atom stereocenters. The van der Waals surface area contributed by atoms with E-state index in [2.05, 4.69) is 4.90 Å². The lowest BCUT2D eigenvalue weighted by molar-refractivity contribution is 0.0214. The monoisotopic (exact) mass is 405 g/mol. The number of halogens is 1. The fourth-order valence-electron chi connectivity index (χ4n) is 3.72. The van der Waals surface area contributed by atoms with E-state index < -0.39 is 5.60 Å². The molecule has 0 saturated carbocycles. The molecule has 7 heteroatoms. The van der Waals surface area contributed by atoms with Crippen LogP contribution in [0.15, 0.2) is 30.5 Å². The van der Waals surface area contributed by atoms with Crippen LogP contribution in [0.3, 0.4) is 0 Å². The highest BCUT2D eigenvalue weighted by atomic mass is 35.5. The van der Waals surface area contributed by atoms with Crippen LogP contribution in [-0.4, -0.2) is 66.5 Å². The van der Waals surface area contributed by atoms with E-state index in [4.69, 9.17) is 16.3 Å². The van der Waals surface area contributed by atoms with E-state index in [1.807, 2.05) is 51.9 Å². The van der Waals surface area contributed by atoms with E-state index in [-0.39, 0.29) is 24.0 Å². The summed E-state index contributed by atoms with van der Waals surface area (Å²) in [7, 11) is 3.72. The van der Waals surface area contributed by atoms with E-state index in [0.717, 1.165) is 18.7 Å². The summed E-state index contributed by atoms with van der Waals surface area (Å²) in [4.78, 5) is 30.6. The van der Waals surface area contributed by atoms with Crippen LogP contribution in [0.5, 0.6) is 0 Å². The number of anilines is 1. The zero-order valence-electron chi connectivity index (χ0n) is 17.1. The number of hydrogen-bond donors (Lipinski definition) is 0. The van der Waals surface area contributed by atoms with Crippen LogP contribution >= 0.6 is 11.6 Å². The number of ether oxygens (including phenoxy) is 1. The summed E-state index contributed by atoms with van der Waals surface area (Å²) in [5.74, 6) is -0.121. The molecule has 152 valence electrons. The number of benzene rings is 1. The number of nitrogens with zero attached hydrogens (tertiary/aromatic N) is 3. The highest BCUT2D eigenvalue weighted by molar-refractivity contribution is 6.34. The van der Waals surface area contributed by atoms with Gasteiger partial charge in [-0.25, -0.2) is 4.79 Å². The van der Waals surface area contributed by atoms with Gasteiger partial charge in [-0.3, -0.25) is 4.79 Å². The number of carbonyl (C=O) groups excluding carboxylic acids is 2. The second-order valence-electron chi connectivity index (χ2n) is 8.64. The summed E-state index contributed by atoms with van der Waals surface area (Å²) >= 11 is 6.39. The van der Waals surface area contributed by atoms with Crippen LogP contribution in [-0.2, 0) is 4.74 Å². The van der Waals surface area contributed by atoms with Gasteiger partial charge in [0.2, 0.25) is 0 Å². The third-order valence-corrected chi connectivity index (χ3v) is 5.26. The Labute approximate surface area is 171 Å². The molecule has 1 amide bonds. The number of piperazine rings is 1. The fraction of sp³-hybridized carbons (Fsp3) is 0.524. The maximum atomic E-state index is 12.4. The predicted octanol–water partition coefficient (Wildman–Crippen LogP) is 3.80. The van der Waals surface area contributed by atoms with Crippen molar-refractivity contribution >= 4 is 29.2 Å². The predicted molar refractivity (Wildman–Crippen MR) is 111 cm³/mol. The second kappa shape index (κ2) is 7.66. The van der Waals surface area contributed by atoms with Crippen LogP contribution in [0.25, 0.3) is 0 Å². The zero-order valence-corrected chi connectivity index (χ0v) is 17.9. The molecule has 0 spiro atoms. The van der Waals surface area contributed by atoms with Gasteiger partial charge in [0, 0.05) is 56.8 Å². The molecule has 28 heavy (non-hydrogen) atoms. The van der Waals surface area contributed by atoms with Crippen molar-refractivity contribution in [2.75, 3.05) is 32.1 Å². The highest BCUT2D eigenvalue weighted by Crippen LogP contribution is 2.36. The molecule has 2 aliphatic rings. The maximum Gasteiger partial charge on any atom is 0.410 e. The number of carbonyl (C=O) groups is 2. The molecule has 1 aromatic rings. The van der Waals surface area contributed by atoms with Crippen molar-refractivity contribution in [2.45, 2.75) is 44.9 Å². The van der Waals surface area contributed by atoms with E-state index in [9.17, 15) is 9.59 Å². The first-order chi connectivity index (χ1) is 13.0. The third-order valence-electron chi connectivity index (χ3n) is 4.94. The molecular formula is C21H28ClN3O3. The lowest BCUT2D eigenvalue weighted by Crippen LogP contribution is -2.50. The summed E-state index contributed by atoms with van der Waals surface area (Å²) in [6, 6.07) is 5.93. The van der Waals surface area contributed by atoms with Crippen LogP contribution in [0.2, 0.25) is 5.02 Å². The first-order valence-corrected chi connectivity index (χ1v) is 9.88. The lowest BCUT2D eigenvalue weighted by atomic mass is 10.1. The van der Waals surface area contributed by atoms with Gasteiger partial charge >= 0.3 is 6.09 Å². The molecule has 0 unspecified atom stereocenters. The maximum absolute atomic E-state index is 12.4. The molecule has 0 aromatic heterocycles. The minimum absolute atomic E-state index is 0.121. The minimum atomic E-state index is -0.491. The molecular weight excluding hydrogens is 378 g/mol. The minimum Gasteiger partial charge on any atom is -0.444 e. The Hall–Kier alpha value is -2.21. The second-order valence-corrected chi connectivity index (χ2v) is 9.04. The Morgan fingerprint density at radius 3 is 2.46 bits per heavy atom. The van der Waals surface area contributed by atoms with Crippen LogP contribution in [0.1, 0.15) is 37.6 Å². The molecule has 3 rings (SSSR count). The molecule has 2 fully saturated rings. The number of likely N-dealkylation sites (tertiary alicyclic amines) is 1. The number of ketones is 1. The first kappa shape index (κ1) is 20.5. The third kappa shape index (κ3) is 4.43. The molecule has 2 aliphatic heterocycles. The average molecular weight is 406 g/mol. The van der Waals surface area contributed by atoms with E-state index >= 15 is 0 Å². The summed E-state index contributed by atoms with van der Waals surface area (Å²) in [5, 5.41) is 0.442. The van der Waals surface area contributed by atoms with Crippen molar-refractivity contribution in [1.29, 1.82) is 0 Å². The van der Waals surface area contributed by atoms with Crippen LogP contribution < -0.4 is 4.90 Å². The molecule has 2 heterocycles. The van der Waals surface area contributed by atoms with Gasteiger partial charge in [-0.1, -0.05) is 11.6 Å². The van der Waals surface area contributed by atoms with Gasteiger partial charge in [0.1, 0.15) is 5.60 Å². The summed E-state index contributed by atoms with van der Waals surface area (Å²) in [5.41, 5.74) is 0.980. The Kier molecular flexibility index (Phi) is 5.62. The van der Waals surface area contributed by atoms with Gasteiger partial charge in [-0.15, -0.1) is 0 Å². The SMILES string of the molecule is CN(C)/C=C/C(=O)c1ccc(N2C[C@H]3C[C@@H]2CN3C(=O)OC(C)(C)C)cc1Cl. The molecule has 2 saturated heterocycles. The van der Waals surface area contributed by atoms with Crippen molar-refractivity contribution in [3.05, 3.63) is 41.1 Å². The average Bonchev–Trinajstić information content (AvgIpc) is 3.18. The summed E-state index contributed by atoms with van der Waals surface area (Å²) < 4.78 is 5.52. The van der Waals surface area contributed by atoms with E-state index in [0.29, 0.717) is 17.1 Å². The number of amides is 1. The zero-order chi connectivity index (χ0) is 20.6. The Morgan fingerprint density at radius 1 is 1.21 bits per heavy atom. The number of rotatable bonds is 4. The lowest BCUT2D eigenvalue weighted by Gasteiger charge is -2.36. The molecule has 0 N–H and O–H groups in total. The van der Waals surface area contributed by atoms with Crippen LogP contribution in [0, 0.1) is 0 Å². The highest BCUT2D eigenvalue weighted by Gasteiger charge is 2.46. The van der Waals surface area contributed by atoms with Crippen molar-refractivity contribution in [1.82, 2.24) is 9.80 Å². The molecule has 0 radical (unpaired) electrons. The Balaban J connectivity index is 1.68. The number of fused-ring (bicyclic) bond motifs is 2. The normalized spacial score (nSPS) is 21.5. The molecule has 2 bridgehead atoms. The van der Waals surface area contributed by atoms with E-state index in [1.54, 1.807) is 17.2 Å². The number of allylic oxidation sites excluding steroid dienone is 1. The first-order valence-electron chi connectivity index (χ1n) is 9.50. The van der Waals surface area contributed by atoms with Crippen LogP contribution in [0.4, 0.5) is 10.5 Å². The van der Waals surface area contributed by atoms with Gasteiger partial charge in [0.15, 0.2) is 5.78 Å². The molecule has 1 aromatic carbocycles. The largest absolute Gasteiger partial charge is 0.444 e. The Morgan fingerprint density at radius 2 is 1.93 bits per heavy atom. The van der Waals surface area contributed by atoms with Gasteiger partial charge in [-0.05, 0) is 45.4 Å². The van der Waals surface area contributed by atoms with Crippen molar-refractivity contribution in [3.63, 3.8) is 0 Å². The van der Waals surface area contributed by atoms with Crippen molar-refractivity contribution in [2.24, 2.45) is 0 Å². The Bertz CT molecular complexity index is 801. The quantitative estimate of drug-likeness (QED) is 0.563. The molecule has 6 nitrogen and oxygen atoms in total. The smallest absolute Gasteiger partial charge is 0.410 e. The standard InChI is InChI=1S/C21H28ClN3O3/c1-21(2,3)28-20(27)25-13-15-10-16(25)12-24(15)14-6-7-17(18(22)11-14)19(26)8-9-23(4)5/h6-9,11,15-16H,10,12-13H2,1-5H3/b9-8+/t15-,16-/m1/s1. The van der Waals surface area contributed by atoms with E-state index in [1.165, 1.54) is 6.08 Å². The summed E-state index contributed by atoms with van der Waals surface area (Å²) in [6.45, 7) is 7.02. The van der Waals surface area contributed by atoms with Crippen molar-refractivity contribution in [3.8, 4) is 0 Å². The fourth-order valence-corrected chi connectivity index (χ4v) is 3.98. The summed E-state index contributed by atoms with van der Waals surface area (Å²) in [6.07, 6.45) is 3.89. The van der Waals surface area contributed by atoms with Gasteiger partial charge in [0.25, 0.3) is 0 Å². The van der Waals surface area contributed by atoms with Gasteiger partial charge in [0.05, 0.1) is 11.1 Å². The van der Waals surface area contributed by atoms with Gasteiger partial charge in [-0.2, -0.15) is 0 Å². The number of hydrogen-bond acceptors (Lipinski definition) is 5. The topological polar surface area (TPSA) is 53.1 Å². The van der Waals surface area contributed by atoms with Crippen molar-refractivity contribution < 1.29 is 14.3 Å². The van der Waals surface area contributed by atoms with Gasteiger partial charge < -0.3 is 19.4 Å². The molecule has 0 aliphatic carbocycles.